The molecule has 3 N–H and O–H groups in total. The van der Waals surface area contributed by atoms with Gasteiger partial charge in [-0.25, -0.2) is 4.79 Å². The first kappa shape index (κ1) is 22.4. The zero-order chi connectivity index (χ0) is 21.3. The largest absolute Gasteiger partial charge is 0.468 e. The number of halogens is 3. The molecule has 0 radical (unpaired) electrons. The number of anilines is 1. The molecule has 0 bridgehead atoms. The number of hydrogen-bond donors (Lipinski definition) is 3. The number of urea groups is 1. The maximum Gasteiger partial charge on any atom is 0.416 e. The summed E-state index contributed by atoms with van der Waals surface area (Å²) < 4.78 is 43.2. The Balaban J connectivity index is 1.67. The average Bonchev–Trinajstić information content (AvgIpc) is 3.17. The van der Waals surface area contributed by atoms with E-state index in [-0.39, 0.29) is 18.8 Å². The van der Waals surface area contributed by atoms with Crippen molar-refractivity contribution in [1.29, 1.82) is 0 Å². The topological polar surface area (TPSA) is 109 Å². The summed E-state index contributed by atoms with van der Waals surface area (Å²) in [6.07, 6.45) is -3.08. The summed E-state index contributed by atoms with van der Waals surface area (Å²) in [5.74, 6) is 2.24. The van der Waals surface area contributed by atoms with Crippen LogP contribution in [0.2, 0.25) is 0 Å². The standard InChI is InChI=1S/C17H19F3N4O4S/c18-17(19,20)12-3-4-14(15(10-12)24(26)27)21-5-6-22-16(25)23-7-9-29-11-13-2-1-8-28-13/h1-4,8,10,21H,5-7,9,11H2,(H2,22,23,25). The number of nitrogens with one attached hydrogen (secondary N) is 3. The molecule has 2 aromatic rings. The molecule has 0 spiro atoms. The zero-order valence-electron chi connectivity index (χ0n) is 15.1. The lowest BCUT2D eigenvalue weighted by molar-refractivity contribution is -0.384. The number of alkyl halides is 3. The third-order valence-electron chi connectivity index (χ3n) is 3.60. The summed E-state index contributed by atoms with van der Waals surface area (Å²) in [5.41, 5.74) is -1.84. The first-order valence-corrected chi connectivity index (χ1v) is 9.64. The minimum absolute atomic E-state index is 0.0560. The van der Waals surface area contributed by atoms with Crippen LogP contribution < -0.4 is 16.0 Å². The second-order valence-electron chi connectivity index (χ2n) is 5.73. The second-order valence-corrected chi connectivity index (χ2v) is 6.83. The van der Waals surface area contributed by atoms with Gasteiger partial charge in [-0.05, 0) is 24.3 Å². The summed E-state index contributed by atoms with van der Waals surface area (Å²) in [5, 5.41) is 18.9. The fourth-order valence-corrected chi connectivity index (χ4v) is 3.00. The quantitative estimate of drug-likeness (QED) is 0.299. The molecule has 0 aliphatic rings. The van der Waals surface area contributed by atoms with Crippen molar-refractivity contribution in [3.05, 3.63) is 58.0 Å². The average molecular weight is 432 g/mol. The van der Waals surface area contributed by atoms with E-state index >= 15 is 0 Å². The minimum Gasteiger partial charge on any atom is -0.468 e. The molecule has 0 atom stereocenters. The van der Waals surface area contributed by atoms with Crippen molar-refractivity contribution in [2.45, 2.75) is 11.9 Å². The van der Waals surface area contributed by atoms with Gasteiger partial charge in [0.1, 0.15) is 11.4 Å². The summed E-state index contributed by atoms with van der Waals surface area (Å²) in [7, 11) is 0. The number of nitro benzene ring substituents is 1. The van der Waals surface area contributed by atoms with Gasteiger partial charge in [0.05, 0.1) is 22.5 Å². The first-order chi connectivity index (χ1) is 13.8. The predicted molar refractivity (Wildman–Crippen MR) is 103 cm³/mol. The number of amides is 2. The Bertz CT molecular complexity index is 816. The van der Waals surface area contributed by atoms with Gasteiger partial charge >= 0.3 is 12.2 Å². The highest BCUT2D eigenvalue weighted by Gasteiger charge is 2.32. The minimum atomic E-state index is -4.67. The first-order valence-electron chi connectivity index (χ1n) is 8.48. The fourth-order valence-electron chi connectivity index (χ4n) is 2.25. The number of rotatable bonds is 10. The lowest BCUT2D eigenvalue weighted by Crippen LogP contribution is -2.38. The highest BCUT2D eigenvalue weighted by molar-refractivity contribution is 7.98. The highest BCUT2D eigenvalue weighted by atomic mass is 32.2. The van der Waals surface area contributed by atoms with Crippen LogP contribution in [0, 0.1) is 10.1 Å². The molecule has 1 aromatic carbocycles. The van der Waals surface area contributed by atoms with E-state index in [1.54, 1.807) is 24.1 Å². The fraction of sp³-hybridized carbons (Fsp3) is 0.353. The van der Waals surface area contributed by atoms with Gasteiger partial charge in [-0.1, -0.05) is 0 Å². The number of thioether (sulfide) groups is 1. The van der Waals surface area contributed by atoms with Crippen LogP contribution in [-0.4, -0.2) is 36.3 Å². The molecule has 0 aliphatic carbocycles. The Morgan fingerprint density at radius 3 is 2.59 bits per heavy atom. The Kier molecular flexibility index (Phi) is 8.19. The summed E-state index contributed by atoms with van der Waals surface area (Å²) in [6.45, 7) is 0.672. The van der Waals surface area contributed by atoms with Crippen LogP contribution in [-0.2, 0) is 11.9 Å². The third-order valence-corrected chi connectivity index (χ3v) is 4.59. The van der Waals surface area contributed by atoms with E-state index in [9.17, 15) is 28.1 Å². The summed E-state index contributed by atoms with van der Waals surface area (Å²) in [6, 6.07) is 5.49. The van der Waals surface area contributed by atoms with E-state index in [1.165, 1.54) is 0 Å². The van der Waals surface area contributed by atoms with Crippen molar-refractivity contribution in [1.82, 2.24) is 10.6 Å². The van der Waals surface area contributed by atoms with Crippen LogP contribution in [0.3, 0.4) is 0 Å². The molecule has 12 heteroatoms. The van der Waals surface area contributed by atoms with Crippen molar-refractivity contribution in [3.63, 3.8) is 0 Å². The van der Waals surface area contributed by atoms with Crippen LogP contribution in [0.4, 0.5) is 29.3 Å². The van der Waals surface area contributed by atoms with Crippen LogP contribution >= 0.6 is 11.8 Å². The van der Waals surface area contributed by atoms with Crippen molar-refractivity contribution in [2.75, 3.05) is 30.7 Å². The molecule has 0 unspecified atom stereocenters. The molecule has 0 fully saturated rings. The molecule has 0 saturated heterocycles. The maximum absolute atomic E-state index is 12.7. The van der Waals surface area contributed by atoms with Gasteiger partial charge in [-0.3, -0.25) is 10.1 Å². The van der Waals surface area contributed by atoms with Gasteiger partial charge in [0, 0.05) is 31.5 Å². The van der Waals surface area contributed by atoms with Crippen LogP contribution in [0.15, 0.2) is 41.0 Å². The van der Waals surface area contributed by atoms with Gasteiger partial charge in [0.25, 0.3) is 5.69 Å². The van der Waals surface area contributed by atoms with Crippen molar-refractivity contribution >= 4 is 29.2 Å². The summed E-state index contributed by atoms with van der Waals surface area (Å²) >= 11 is 1.59. The van der Waals surface area contributed by atoms with Crippen molar-refractivity contribution in [2.24, 2.45) is 0 Å². The number of hydrogen-bond acceptors (Lipinski definition) is 6. The number of nitro groups is 1. The molecule has 2 amide bonds. The molecular weight excluding hydrogens is 413 g/mol. The van der Waals surface area contributed by atoms with E-state index in [0.717, 1.165) is 17.9 Å². The number of nitrogens with zero attached hydrogens (tertiary/aromatic N) is 1. The van der Waals surface area contributed by atoms with Crippen LogP contribution in [0.1, 0.15) is 11.3 Å². The Labute approximate surface area is 168 Å². The second kappa shape index (κ2) is 10.6. The molecule has 1 heterocycles. The Hall–Kier alpha value is -2.89. The van der Waals surface area contributed by atoms with Gasteiger partial charge in [-0.15, -0.1) is 0 Å². The molecule has 8 nitrogen and oxygen atoms in total. The Morgan fingerprint density at radius 1 is 1.17 bits per heavy atom. The van der Waals surface area contributed by atoms with Crippen molar-refractivity contribution in [3.8, 4) is 0 Å². The SMILES string of the molecule is O=C(NCCNc1ccc(C(F)(F)F)cc1[N+](=O)[O-])NCCSCc1ccco1. The summed E-state index contributed by atoms with van der Waals surface area (Å²) in [4.78, 5) is 21.8. The molecule has 0 aliphatic heterocycles. The predicted octanol–water partition coefficient (Wildman–Crippen LogP) is 3.85. The van der Waals surface area contributed by atoms with Gasteiger partial charge in [0.2, 0.25) is 0 Å². The number of furan rings is 1. The lowest BCUT2D eigenvalue weighted by atomic mass is 10.1. The molecular formula is C17H19F3N4O4S. The van der Waals surface area contributed by atoms with E-state index < -0.39 is 28.4 Å². The molecule has 0 saturated carbocycles. The van der Waals surface area contributed by atoms with Crippen molar-refractivity contribution < 1.29 is 27.3 Å². The van der Waals surface area contributed by atoms with E-state index in [4.69, 9.17) is 4.42 Å². The van der Waals surface area contributed by atoms with E-state index in [0.29, 0.717) is 24.1 Å². The molecule has 1 aromatic heterocycles. The van der Waals surface area contributed by atoms with Crippen LogP contribution in [0.25, 0.3) is 0 Å². The number of carbonyl (C=O) groups excluding carboxylic acids is 1. The molecule has 158 valence electrons. The van der Waals surface area contributed by atoms with Gasteiger partial charge in [0.15, 0.2) is 0 Å². The molecule has 2 rings (SSSR count). The van der Waals surface area contributed by atoms with E-state index in [1.807, 2.05) is 6.07 Å². The highest BCUT2D eigenvalue weighted by Crippen LogP contribution is 2.34. The van der Waals surface area contributed by atoms with Gasteiger partial charge < -0.3 is 20.4 Å². The number of carbonyl (C=O) groups is 1. The lowest BCUT2D eigenvalue weighted by Gasteiger charge is -2.11. The Morgan fingerprint density at radius 2 is 1.93 bits per heavy atom. The van der Waals surface area contributed by atoms with Crippen LogP contribution in [0.5, 0.6) is 0 Å². The smallest absolute Gasteiger partial charge is 0.416 e. The van der Waals surface area contributed by atoms with Gasteiger partial charge in [-0.2, -0.15) is 24.9 Å². The third kappa shape index (κ3) is 7.56. The van der Waals surface area contributed by atoms with E-state index in [2.05, 4.69) is 16.0 Å². The molecule has 29 heavy (non-hydrogen) atoms. The monoisotopic (exact) mass is 432 g/mol. The number of benzene rings is 1. The zero-order valence-corrected chi connectivity index (χ0v) is 15.9. The normalized spacial score (nSPS) is 11.1. The maximum atomic E-state index is 12.7.